The van der Waals surface area contributed by atoms with Gasteiger partial charge in [0.1, 0.15) is 11.9 Å². The number of Topliss-reactive ketones (excluding diaryl/α,β-unsaturated/α-hetero) is 1. The predicted octanol–water partition coefficient (Wildman–Crippen LogP) is 2.13. The van der Waals surface area contributed by atoms with Crippen molar-refractivity contribution in [3.8, 4) is 6.07 Å². The fraction of sp³-hybridized carbons (Fsp3) is 0.182. The Kier molecular flexibility index (Phi) is 4.03. The first-order valence-corrected chi connectivity index (χ1v) is 4.89. The second-order valence-electron chi connectivity index (χ2n) is 3.23. The minimum atomic E-state index is -0.453. The van der Waals surface area contributed by atoms with Crippen LogP contribution in [0.1, 0.15) is 18.9 Å². The molecular weight excluding hydrogens is 228 g/mol. The molecule has 0 radical (unpaired) electrons. The second-order valence-corrected chi connectivity index (χ2v) is 3.67. The fourth-order valence-corrected chi connectivity index (χ4v) is 1.31. The monoisotopic (exact) mass is 236 g/mol. The smallest absolute Gasteiger partial charge is 0.231 e. The maximum Gasteiger partial charge on any atom is 0.231 e. The van der Waals surface area contributed by atoms with Crippen molar-refractivity contribution >= 4 is 29.0 Å². The van der Waals surface area contributed by atoms with Crippen LogP contribution in [0.5, 0.6) is 0 Å². The topological polar surface area (TPSA) is 70.0 Å². The molecule has 4 nitrogen and oxygen atoms in total. The lowest BCUT2D eigenvalue weighted by molar-refractivity contribution is -0.124. The third-order valence-electron chi connectivity index (χ3n) is 1.79. The second kappa shape index (κ2) is 5.29. The van der Waals surface area contributed by atoms with Crippen molar-refractivity contribution in [2.45, 2.75) is 13.3 Å². The third kappa shape index (κ3) is 3.37. The minimum absolute atomic E-state index is 0.211. The molecule has 1 aromatic rings. The lowest BCUT2D eigenvalue weighted by atomic mass is 10.2. The molecule has 0 aliphatic carbocycles. The van der Waals surface area contributed by atoms with E-state index in [0.29, 0.717) is 16.3 Å². The number of nitrogens with one attached hydrogen (secondary N) is 1. The van der Waals surface area contributed by atoms with Crippen LogP contribution in [0.2, 0.25) is 5.02 Å². The third-order valence-corrected chi connectivity index (χ3v) is 2.02. The van der Waals surface area contributed by atoms with Crippen LogP contribution in [-0.2, 0) is 9.59 Å². The highest BCUT2D eigenvalue weighted by Gasteiger charge is 2.09. The molecule has 1 aromatic carbocycles. The van der Waals surface area contributed by atoms with Crippen molar-refractivity contribution in [2.24, 2.45) is 0 Å². The normalized spacial score (nSPS) is 9.31. The molecule has 0 heterocycles. The van der Waals surface area contributed by atoms with E-state index >= 15 is 0 Å². The number of nitrogens with zero attached hydrogens (tertiary/aromatic N) is 1. The Hall–Kier alpha value is -1.86. The summed E-state index contributed by atoms with van der Waals surface area (Å²) < 4.78 is 0. The first-order valence-electron chi connectivity index (χ1n) is 4.52. The van der Waals surface area contributed by atoms with Gasteiger partial charge in [-0.3, -0.25) is 9.59 Å². The summed E-state index contributed by atoms with van der Waals surface area (Å²) in [6, 6.07) is 6.46. The summed E-state index contributed by atoms with van der Waals surface area (Å²) in [5.41, 5.74) is 0.627. The van der Waals surface area contributed by atoms with E-state index in [9.17, 15) is 9.59 Å². The van der Waals surface area contributed by atoms with Gasteiger partial charge < -0.3 is 5.32 Å². The number of hydrogen-bond acceptors (Lipinski definition) is 3. The van der Waals surface area contributed by atoms with Crippen molar-refractivity contribution in [1.29, 1.82) is 5.26 Å². The van der Waals surface area contributed by atoms with Gasteiger partial charge in [-0.05, 0) is 25.1 Å². The zero-order valence-corrected chi connectivity index (χ0v) is 9.34. The molecule has 0 atom stereocenters. The number of benzene rings is 1. The summed E-state index contributed by atoms with van der Waals surface area (Å²) in [4.78, 5) is 22.0. The summed E-state index contributed by atoms with van der Waals surface area (Å²) in [7, 11) is 0. The lowest BCUT2D eigenvalue weighted by Gasteiger charge is -2.06. The quantitative estimate of drug-likeness (QED) is 0.818. The Labute approximate surface area is 97.8 Å². The highest BCUT2D eigenvalue weighted by molar-refractivity contribution is 6.31. The predicted molar refractivity (Wildman–Crippen MR) is 60.1 cm³/mol. The van der Waals surface area contributed by atoms with Gasteiger partial charge in [-0.2, -0.15) is 5.26 Å². The van der Waals surface area contributed by atoms with E-state index in [1.165, 1.54) is 19.1 Å². The number of halogens is 1. The van der Waals surface area contributed by atoms with Crippen LogP contribution in [0, 0.1) is 11.3 Å². The zero-order chi connectivity index (χ0) is 12.1. The van der Waals surface area contributed by atoms with Crippen molar-refractivity contribution in [3.63, 3.8) is 0 Å². The van der Waals surface area contributed by atoms with Crippen LogP contribution in [-0.4, -0.2) is 11.7 Å². The van der Waals surface area contributed by atoms with Gasteiger partial charge in [0, 0.05) is 5.02 Å². The molecule has 0 aliphatic heterocycles. The highest BCUT2D eigenvalue weighted by Crippen LogP contribution is 2.20. The molecule has 0 spiro atoms. The number of hydrogen-bond donors (Lipinski definition) is 1. The molecule has 1 N–H and O–H groups in total. The van der Waals surface area contributed by atoms with E-state index < -0.39 is 5.91 Å². The van der Waals surface area contributed by atoms with Gasteiger partial charge >= 0.3 is 0 Å². The van der Waals surface area contributed by atoms with Crippen molar-refractivity contribution in [1.82, 2.24) is 0 Å². The van der Waals surface area contributed by atoms with E-state index in [1.54, 1.807) is 6.07 Å². The molecule has 0 aromatic heterocycles. The van der Waals surface area contributed by atoms with Gasteiger partial charge in [0.05, 0.1) is 17.7 Å². The molecule has 1 amide bonds. The Balaban J connectivity index is 2.88. The molecule has 0 unspecified atom stereocenters. The van der Waals surface area contributed by atoms with Crippen LogP contribution in [0.3, 0.4) is 0 Å². The summed E-state index contributed by atoms with van der Waals surface area (Å²) in [5, 5.41) is 11.7. The van der Waals surface area contributed by atoms with E-state index in [-0.39, 0.29) is 12.2 Å². The molecule has 5 heteroatoms. The van der Waals surface area contributed by atoms with Crippen molar-refractivity contribution < 1.29 is 9.59 Å². The first kappa shape index (κ1) is 12.2. The standard InChI is InChI=1S/C11H9ClN2O2/c1-7(15)4-11(16)14-10-5-9(12)3-2-8(10)6-13/h2-3,5H,4H2,1H3,(H,14,16). The van der Waals surface area contributed by atoms with Crippen LogP contribution in [0.4, 0.5) is 5.69 Å². The summed E-state index contributed by atoms with van der Waals surface area (Å²) >= 11 is 5.74. The molecule has 1 rings (SSSR count). The Morgan fingerprint density at radius 3 is 2.75 bits per heavy atom. The molecular formula is C11H9ClN2O2. The molecule has 0 saturated carbocycles. The van der Waals surface area contributed by atoms with Gasteiger partial charge in [-0.25, -0.2) is 0 Å². The summed E-state index contributed by atoms with van der Waals surface area (Å²) in [6.45, 7) is 1.32. The molecule has 82 valence electrons. The number of amides is 1. The van der Waals surface area contributed by atoms with Gasteiger partial charge in [0.15, 0.2) is 0 Å². The van der Waals surface area contributed by atoms with Crippen LogP contribution in [0.25, 0.3) is 0 Å². The van der Waals surface area contributed by atoms with Crippen molar-refractivity contribution in [2.75, 3.05) is 5.32 Å². The van der Waals surface area contributed by atoms with Gasteiger partial charge in [0.2, 0.25) is 5.91 Å². The largest absolute Gasteiger partial charge is 0.324 e. The Bertz CT molecular complexity index is 477. The highest BCUT2D eigenvalue weighted by atomic mass is 35.5. The van der Waals surface area contributed by atoms with Crippen LogP contribution >= 0.6 is 11.6 Å². The average Bonchev–Trinajstić information content (AvgIpc) is 2.16. The van der Waals surface area contributed by atoms with Gasteiger partial charge in [-0.15, -0.1) is 0 Å². The summed E-state index contributed by atoms with van der Waals surface area (Å²) in [5.74, 6) is -0.690. The molecule has 0 aliphatic rings. The Morgan fingerprint density at radius 1 is 1.50 bits per heavy atom. The zero-order valence-electron chi connectivity index (χ0n) is 8.58. The number of carbonyl (C=O) groups excluding carboxylic acids is 2. The molecule has 16 heavy (non-hydrogen) atoms. The van der Waals surface area contributed by atoms with Gasteiger partial charge in [-0.1, -0.05) is 11.6 Å². The minimum Gasteiger partial charge on any atom is -0.324 e. The lowest BCUT2D eigenvalue weighted by Crippen LogP contribution is -2.15. The average molecular weight is 237 g/mol. The van der Waals surface area contributed by atoms with E-state index in [4.69, 9.17) is 16.9 Å². The number of anilines is 1. The van der Waals surface area contributed by atoms with E-state index in [1.807, 2.05) is 6.07 Å². The van der Waals surface area contributed by atoms with E-state index in [0.717, 1.165) is 0 Å². The van der Waals surface area contributed by atoms with E-state index in [2.05, 4.69) is 5.32 Å². The number of carbonyl (C=O) groups is 2. The SMILES string of the molecule is CC(=O)CC(=O)Nc1cc(Cl)ccc1C#N. The maximum absolute atomic E-state index is 11.3. The number of rotatable bonds is 3. The fourth-order valence-electron chi connectivity index (χ4n) is 1.14. The number of ketones is 1. The van der Waals surface area contributed by atoms with Crippen LogP contribution < -0.4 is 5.32 Å². The maximum atomic E-state index is 11.3. The molecule has 0 saturated heterocycles. The van der Waals surface area contributed by atoms with Crippen LogP contribution in [0.15, 0.2) is 18.2 Å². The summed E-state index contributed by atoms with van der Waals surface area (Å²) in [6.07, 6.45) is -0.211. The first-order chi connectivity index (χ1) is 7.52. The number of nitriles is 1. The van der Waals surface area contributed by atoms with Crippen molar-refractivity contribution in [3.05, 3.63) is 28.8 Å². The Morgan fingerprint density at radius 2 is 2.19 bits per heavy atom. The molecule has 0 fully saturated rings. The molecule has 0 bridgehead atoms. The van der Waals surface area contributed by atoms with Gasteiger partial charge in [0.25, 0.3) is 0 Å².